The van der Waals surface area contributed by atoms with Gasteiger partial charge in [-0.1, -0.05) is 23.7 Å². The van der Waals surface area contributed by atoms with Gasteiger partial charge in [0.1, 0.15) is 11.3 Å². The number of imide groups is 1. The van der Waals surface area contributed by atoms with Crippen LogP contribution in [-0.4, -0.2) is 29.9 Å². The van der Waals surface area contributed by atoms with E-state index in [4.69, 9.17) is 16.0 Å². The summed E-state index contributed by atoms with van der Waals surface area (Å²) in [6, 6.07) is 9.08. The van der Waals surface area contributed by atoms with Gasteiger partial charge >= 0.3 is 12.0 Å². The van der Waals surface area contributed by atoms with Crippen LogP contribution >= 0.6 is 11.6 Å². The quantitative estimate of drug-likeness (QED) is 0.667. The number of carbonyl (C=O) groups excluding carboxylic acids is 3. The third-order valence-electron chi connectivity index (χ3n) is 4.06. The Labute approximate surface area is 148 Å². The molecule has 1 saturated heterocycles. The smallest absolute Gasteiger partial charge is 0.373 e. The Bertz CT molecular complexity index is 845. The average molecular weight is 363 g/mol. The Morgan fingerprint density at radius 2 is 1.92 bits per heavy atom. The van der Waals surface area contributed by atoms with Gasteiger partial charge in [-0.2, -0.15) is 0 Å². The number of hydrogen-bond acceptors (Lipinski definition) is 5. The molecule has 2 heterocycles. The van der Waals surface area contributed by atoms with Crippen LogP contribution in [0.2, 0.25) is 5.02 Å². The second-order valence-corrected chi connectivity index (χ2v) is 6.15. The van der Waals surface area contributed by atoms with Gasteiger partial charge in [-0.3, -0.25) is 9.69 Å². The maximum Gasteiger partial charge on any atom is 0.373 e. The van der Waals surface area contributed by atoms with Crippen LogP contribution in [-0.2, 0) is 21.6 Å². The first kappa shape index (κ1) is 17.0. The number of nitrogens with zero attached hydrogens (tertiary/aromatic N) is 1. The van der Waals surface area contributed by atoms with E-state index in [9.17, 15) is 14.4 Å². The van der Waals surface area contributed by atoms with Crippen LogP contribution in [0, 0.1) is 0 Å². The maximum absolute atomic E-state index is 12.8. The number of ether oxygens (including phenoxy) is 1. The third-order valence-corrected chi connectivity index (χ3v) is 4.31. The molecule has 3 amide bonds. The van der Waals surface area contributed by atoms with E-state index in [1.807, 2.05) is 0 Å². The lowest BCUT2D eigenvalue weighted by molar-refractivity contribution is -0.131. The number of furan rings is 1. The van der Waals surface area contributed by atoms with Crippen molar-refractivity contribution in [3.63, 3.8) is 0 Å². The van der Waals surface area contributed by atoms with Crippen molar-refractivity contribution in [3.05, 3.63) is 58.5 Å². The van der Waals surface area contributed by atoms with E-state index in [1.165, 1.54) is 19.2 Å². The van der Waals surface area contributed by atoms with Crippen LogP contribution in [0.25, 0.3) is 0 Å². The number of nitrogens with one attached hydrogen (secondary N) is 1. The fourth-order valence-corrected chi connectivity index (χ4v) is 2.77. The molecule has 0 saturated carbocycles. The summed E-state index contributed by atoms with van der Waals surface area (Å²) < 4.78 is 9.88. The molecule has 0 spiro atoms. The molecule has 1 aromatic heterocycles. The van der Waals surface area contributed by atoms with Crippen LogP contribution in [0.3, 0.4) is 0 Å². The molecule has 1 atom stereocenters. The van der Waals surface area contributed by atoms with Crippen LogP contribution < -0.4 is 5.32 Å². The standard InChI is InChI=1S/C17H15ClN2O5/c1-17(10-3-5-11(18)6-4-10)15(22)20(16(23)19-17)9-12-7-8-13(25-12)14(21)24-2/h3-8H,9H2,1-2H3,(H,19,23). The van der Waals surface area contributed by atoms with Crippen molar-refractivity contribution in [2.24, 2.45) is 0 Å². The van der Waals surface area contributed by atoms with Gasteiger partial charge in [0.25, 0.3) is 5.91 Å². The highest BCUT2D eigenvalue weighted by Crippen LogP contribution is 2.30. The molecule has 1 aliphatic heterocycles. The number of carbonyl (C=O) groups is 3. The zero-order valence-electron chi connectivity index (χ0n) is 13.5. The number of urea groups is 1. The molecule has 3 rings (SSSR count). The molecule has 0 bridgehead atoms. The van der Waals surface area contributed by atoms with E-state index in [-0.39, 0.29) is 12.3 Å². The van der Waals surface area contributed by atoms with Crippen LogP contribution in [0.15, 0.2) is 40.8 Å². The molecule has 0 radical (unpaired) electrons. The predicted molar refractivity (Wildman–Crippen MR) is 87.9 cm³/mol. The Balaban J connectivity index is 1.83. The minimum absolute atomic E-state index is 0.00465. The molecule has 130 valence electrons. The molecule has 7 nitrogen and oxygen atoms in total. The Morgan fingerprint density at radius 1 is 1.24 bits per heavy atom. The van der Waals surface area contributed by atoms with Crippen LogP contribution in [0.4, 0.5) is 4.79 Å². The van der Waals surface area contributed by atoms with Gasteiger partial charge in [0.2, 0.25) is 5.76 Å². The summed E-state index contributed by atoms with van der Waals surface area (Å²) in [6.07, 6.45) is 0. The second kappa shape index (κ2) is 6.25. The first-order valence-corrected chi connectivity index (χ1v) is 7.80. The molecule has 1 unspecified atom stereocenters. The van der Waals surface area contributed by atoms with E-state index < -0.39 is 23.4 Å². The highest BCUT2D eigenvalue weighted by atomic mass is 35.5. The largest absolute Gasteiger partial charge is 0.463 e. The molecular weight excluding hydrogens is 348 g/mol. The van der Waals surface area contributed by atoms with Crippen molar-refractivity contribution < 1.29 is 23.5 Å². The SMILES string of the molecule is COC(=O)c1ccc(CN2C(=O)NC(C)(c3ccc(Cl)cc3)C2=O)o1. The number of benzene rings is 1. The monoisotopic (exact) mass is 362 g/mol. The van der Waals surface area contributed by atoms with Crippen molar-refractivity contribution in [2.75, 3.05) is 7.11 Å². The summed E-state index contributed by atoms with van der Waals surface area (Å²) in [5.41, 5.74) is -0.577. The zero-order valence-corrected chi connectivity index (χ0v) is 14.3. The van der Waals surface area contributed by atoms with Crippen molar-refractivity contribution in [2.45, 2.75) is 19.0 Å². The fourth-order valence-electron chi connectivity index (χ4n) is 2.65. The molecule has 1 aliphatic rings. The minimum atomic E-state index is -1.19. The highest BCUT2D eigenvalue weighted by molar-refractivity contribution is 6.30. The first-order chi connectivity index (χ1) is 11.8. The van der Waals surface area contributed by atoms with Gasteiger partial charge in [-0.05, 0) is 36.8 Å². The van der Waals surface area contributed by atoms with Gasteiger partial charge in [0, 0.05) is 5.02 Å². The van der Waals surface area contributed by atoms with Crippen LogP contribution in [0.5, 0.6) is 0 Å². The summed E-state index contributed by atoms with van der Waals surface area (Å²) in [7, 11) is 1.24. The number of esters is 1. The summed E-state index contributed by atoms with van der Waals surface area (Å²) in [4.78, 5) is 37.5. The van der Waals surface area contributed by atoms with E-state index in [0.717, 1.165) is 4.90 Å². The number of rotatable bonds is 4. The summed E-state index contributed by atoms with van der Waals surface area (Å²) in [5.74, 6) is -0.750. The lowest BCUT2D eigenvalue weighted by Crippen LogP contribution is -2.40. The second-order valence-electron chi connectivity index (χ2n) is 5.71. The topological polar surface area (TPSA) is 88.9 Å². The lowest BCUT2D eigenvalue weighted by atomic mass is 9.92. The van der Waals surface area contributed by atoms with E-state index in [0.29, 0.717) is 16.3 Å². The summed E-state index contributed by atoms with van der Waals surface area (Å²) in [5, 5.41) is 3.22. The van der Waals surface area contributed by atoms with Gasteiger partial charge in [0.05, 0.1) is 13.7 Å². The molecule has 1 fully saturated rings. The minimum Gasteiger partial charge on any atom is -0.463 e. The van der Waals surface area contributed by atoms with Crippen molar-refractivity contribution in [1.29, 1.82) is 0 Å². The average Bonchev–Trinajstić information content (AvgIpc) is 3.14. The van der Waals surface area contributed by atoms with Gasteiger partial charge < -0.3 is 14.5 Å². The van der Waals surface area contributed by atoms with Gasteiger partial charge in [-0.15, -0.1) is 0 Å². The zero-order chi connectivity index (χ0) is 18.2. The molecule has 8 heteroatoms. The normalized spacial score (nSPS) is 19.9. The van der Waals surface area contributed by atoms with Crippen LogP contribution in [0.1, 0.15) is 28.8 Å². The summed E-state index contributed by atoms with van der Waals surface area (Å²) in [6.45, 7) is 1.53. The van der Waals surface area contributed by atoms with E-state index in [1.54, 1.807) is 31.2 Å². The number of halogens is 1. The highest BCUT2D eigenvalue weighted by Gasteiger charge is 2.49. The van der Waals surface area contributed by atoms with Crippen molar-refractivity contribution >= 4 is 29.5 Å². The molecule has 1 N–H and O–H groups in total. The summed E-state index contributed by atoms with van der Waals surface area (Å²) >= 11 is 5.87. The first-order valence-electron chi connectivity index (χ1n) is 7.42. The predicted octanol–water partition coefficient (Wildman–Crippen LogP) is 2.69. The van der Waals surface area contributed by atoms with Gasteiger partial charge in [-0.25, -0.2) is 9.59 Å². The lowest BCUT2D eigenvalue weighted by Gasteiger charge is -2.22. The number of hydrogen-bond donors (Lipinski definition) is 1. The molecule has 0 aliphatic carbocycles. The third kappa shape index (κ3) is 2.98. The number of amides is 3. The maximum atomic E-state index is 12.8. The van der Waals surface area contributed by atoms with Crippen molar-refractivity contribution in [1.82, 2.24) is 10.2 Å². The number of methoxy groups -OCH3 is 1. The molecular formula is C17H15ClN2O5. The van der Waals surface area contributed by atoms with Crippen molar-refractivity contribution in [3.8, 4) is 0 Å². The Kier molecular flexibility index (Phi) is 4.26. The fraction of sp³-hybridized carbons (Fsp3) is 0.235. The molecule has 2 aromatic rings. The van der Waals surface area contributed by atoms with E-state index in [2.05, 4.69) is 10.1 Å². The Hall–Kier alpha value is -2.80. The molecule has 1 aromatic carbocycles. The van der Waals surface area contributed by atoms with E-state index >= 15 is 0 Å². The molecule has 25 heavy (non-hydrogen) atoms. The Morgan fingerprint density at radius 3 is 2.56 bits per heavy atom. The van der Waals surface area contributed by atoms with Gasteiger partial charge in [0.15, 0.2) is 0 Å².